The normalized spacial score (nSPS) is 35.2. The van der Waals surface area contributed by atoms with E-state index < -0.39 is 0 Å². The Bertz CT molecular complexity index is 114. The molecule has 1 rings (SSSR count). The molecule has 11 heavy (non-hydrogen) atoms. The van der Waals surface area contributed by atoms with Crippen molar-refractivity contribution in [3.63, 3.8) is 0 Å². The minimum absolute atomic E-state index is 0.703. The molecule has 1 N–H and O–H groups in total. The van der Waals surface area contributed by atoms with E-state index in [0.29, 0.717) is 12.1 Å². The van der Waals surface area contributed by atoms with Gasteiger partial charge in [-0.25, -0.2) is 0 Å². The van der Waals surface area contributed by atoms with Crippen molar-refractivity contribution >= 4 is 0 Å². The third-order valence-electron chi connectivity index (χ3n) is 2.64. The first-order valence-electron chi connectivity index (χ1n) is 4.71. The standard InChI is InChI=1S/C9H20N2/c1-4-11-6-5-8(2)10-7-9(11)3/h8-10H,4-7H2,1-3H3. The maximum absolute atomic E-state index is 3.52. The highest BCUT2D eigenvalue weighted by molar-refractivity contribution is 4.76. The van der Waals surface area contributed by atoms with E-state index in [9.17, 15) is 0 Å². The maximum atomic E-state index is 3.52. The lowest BCUT2D eigenvalue weighted by Crippen LogP contribution is -2.37. The van der Waals surface area contributed by atoms with Gasteiger partial charge in [0.2, 0.25) is 0 Å². The molecule has 0 aromatic carbocycles. The SMILES string of the molecule is CCN1CCC(C)NCC1C. The first-order chi connectivity index (χ1) is 5.24. The molecule has 0 radical (unpaired) electrons. The summed E-state index contributed by atoms with van der Waals surface area (Å²) in [5.74, 6) is 0. The van der Waals surface area contributed by atoms with E-state index in [2.05, 4.69) is 31.0 Å². The Hall–Kier alpha value is -0.0800. The van der Waals surface area contributed by atoms with Gasteiger partial charge in [-0.1, -0.05) is 6.92 Å². The molecule has 1 aliphatic heterocycles. The highest BCUT2D eigenvalue weighted by Gasteiger charge is 2.17. The number of nitrogens with one attached hydrogen (secondary N) is 1. The molecule has 0 aromatic heterocycles. The summed E-state index contributed by atoms with van der Waals surface area (Å²) >= 11 is 0. The minimum atomic E-state index is 0.703. The van der Waals surface area contributed by atoms with E-state index in [1.807, 2.05) is 0 Å². The van der Waals surface area contributed by atoms with Crippen molar-refractivity contribution in [3.8, 4) is 0 Å². The Kier molecular flexibility index (Phi) is 3.34. The second-order valence-corrected chi connectivity index (χ2v) is 3.58. The Morgan fingerprint density at radius 1 is 1.45 bits per heavy atom. The third kappa shape index (κ3) is 2.46. The quantitative estimate of drug-likeness (QED) is 0.611. The monoisotopic (exact) mass is 156 g/mol. The fourth-order valence-corrected chi connectivity index (χ4v) is 1.65. The lowest BCUT2D eigenvalue weighted by atomic mass is 10.2. The largest absolute Gasteiger partial charge is 0.313 e. The zero-order chi connectivity index (χ0) is 8.27. The average molecular weight is 156 g/mol. The van der Waals surface area contributed by atoms with Crippen molar-refractivity contribution in [3.05, 3.63) is 0 Å². The van der Waals surface area contributed by atoms with E-state index in [4.69, 9.17) is 0 Å². The lowest BCUT2D eigenvalue weighted by Gasteiger charge is -2.24. The number of hydrogen-bond donors (Lipinski definition) is 1. The third-order valence-corrected chi connectivity index (χ3v) is 2.64. The van der Waals surface area contributed by atoms with Crippen LogP contribution in [0.5, 0.6) is 0 Å². The molecule has 2 nitrogen and oxygen atoms in total. The molecule has 1 fully saturated rings. The van der Waals surface area contributed by atoms with Gasteiger partial charge < -0.3 is 5.32 Å². The molecule has 1 aliphatic rings. The molecule has 0 aliphatic carbocycles. The fraction of sp³-hybridized carbons (Fsp3) is 1.00. The molecule has 2 atom stereocenters. The van der Waals surface area contributed by atoms with Gasteiger partial charge >= 0.3 is 0 Å². The molecule has 1 saturated heterocycles. The molecule has 0 spiro atoms. The first kappa shape index (κ1) is 9.01. The van der Waals surface area contributed by atoms with Crippen LogP contribution in [-0.2, 0) is 0 Å². The summed E-state index contributed by atoms with van der Waals surface area (Å²) in [6.07, 6.45) is 1.29. The average Bonchev–Trinajstić information content (AvgIpc) is 2.15. The first-order valence-corrected chi connectivity index (χ1v) is 4.71. The molecule has 2 heteroatoms. The van der Waals surface area contributed by atoms with Crippen LogP contribution in [0.1, 0.15) is 27.2 Å². The Morgan fingerprint density at radius 3 is 2.82 bits per heavy atom. The topological polar surface area (TPSA) is 15.3 Å². The van der Waals surface area contributed by atoms with Crippen LogP contribution in [0, 0.1) is 0 Å². The summed E-state index contributed by atoms with van der Waals surface area (Å²) in [5.41, 5.74) is 0. The Morgan fingerprint density at radius 2 is 2.18 bits per heavy atom. The van der Waals surface area contributed by atoms with Gasteiger partial charge in [-0.05, 0) is 33.4 Å². The van der Waals surface area contributed by atoms with Crippen LogP contribution in [0.2, 0.25) is 0 Å². The smallest absolute Gasteiger partial charge is 0.0192 e. The van der Waals surface area contributed by atoms with Crippen molar-refractivity contribution < 1.29 is 0 Å². The summed E-state index contributed by atoms with van der Waals surface area (Å²) in [5, 5.41) is 3.52. The van der Waals surface area contributed by atoms with Crippen molar-refractivity contribution in [1.82, 2.24) is 10.2 Å². The van der Waals surface area contributed by atoms with E-state index in [1.54, 1.807) is 0 Å². The van der Waals surface area contributed by atoms with E-state index >= 15 is 0 Å². The van der Waals surface area contributed by atoms with Gasteiger partial charge in [-0.3, -0.25) is 4.90 Å². The number of hydrogen-bond acceptors (Lipinski definition) is 2. The summed E-state index contributed by atoms with van der Waals surface area (Å²) < 4.78 is 0. The van der Waals surface area contributed by atoms with Crippen LogP contribution in [0.4, 0.5) is 0 Å². The molecule has 0 bridgehead atoms. The van der Waals surface area contributed by atoms with Crippen molar-refractivity contribution in [2.75, 3.05) is 19.6 Å². The summed E-state index contributed by atoms with van der Waals surface area (Å²) in [6, 6.07) is 1.42. The Labute approximate surface area is 70.0 Å². The fourth-order valence-electron chi connectivity index (χ4n) is 1.65. The Balaban J connectivity index is 2.41. The van der Waals surface area contributed by atoms with Gasteiger partial charge in [0.25, 0.3) is 0 Å². The van der Waals surface area contributed by atoms with Gasteiger partial charge in [-0.15, -0.1) is 0 Å². The van der Waals surface area contributed by atoms with Crippen LogP contribution < -0.4 is 5.32 Å². The van der Waals surface area contributed by atoms with Crippen molar-refractivity contribution in [1.29, 1.82) is 0 Å². The maximum Gasteiger partial charge on any atom is 0.0192 e. The predicted molar refractivity (Wildman–Crippen MR) is 48.8 cm³/mol. The lowest BCUT2D eigenvalue weighted by molar-refractivity contribution is 0.234. The highest BCUT2D eigenvalue weighted by atomic mass is 15.2. The van der Waals surface area contributed by atoms with E-state index in [-0.39, 0.29) is 0 Å². The zero-order valence-electron chi connectivity index (χ0n) is 7.93. The van der Waals surface area contributed by atoms with E-state index in [0.717, 1.165) is 6.54 Å². The van der Waals surface area contributed by atoms with Gasteiger partial charge in [0.05, 0.1) is 0 Å². The molecule has 0 amide bonds. The number of rotatable bonds is 1. The summed E-state index contributed by atoms with van der Waals surface area (Å²) in [4.78, 5) is 2.54. The van der Waals surface area contributed by atoms with Crippen LogP contribution in [-0.4, -0.2) is 36.6 Å². The van der Waals surface area contributed by atoms with Crippen molar-refractivity contribution in [2.24, 2.45) is 0 Å². The molecule has 0 aromatic rings. The molecule has 2 unspecified atom stereocenters. The number of nitrogens with zero attached hydrogens (tertiary/aromatic N) is 1. The second-order valence-electron chi connectivity index (χ2n) is 3.58. The van der Waals surface area contributed by atoms with E-state index in [1.165, 1.54) is 19.5 Å². The molecule has 0 saturated carbocycles. The van der Waals surface area contributed by atoms with Gasteiger partial charge in [-0.2, -0.15) is 0 Å². The van der Waals surface area contributed by atoms with Gasteiger partial charge in [0.1, 0.15) is 0 Å². The second kappa shape index (κ2) is 4.07. The molecule has 66 valence electrons. The summed E-state index contributed by atoms with van der Waals surface area (Å²) in [7, 11) is 0. The van der Waals surface area contributed by atoms with Crippen LogP contribution >= 0.6 is 0 Å². The van der Waals surface area contributed by atoms with Gasteiger partial charge in [0, 0.05) is 18.6 Å². The molecular weight excluding hydrogens is 136 g/mol. The predicted octanol–water partition coefficient (Wildman–Crippen LogP) is 1.08. The van der Waals surface area contributed by atoms with Crippen LogP contribution in [0.3, 0.4) is 0 Å². The number of likely N-dealkylation sites (N-methyl/N-ethyl adjacent to an activating group) is 1. The molecule has 1 heterocycles. The van der Waals surface area contributed by atoms with Gasteiger partial charge in [0.15, 0.2) is 0 Å². The van der Waals surface area contributed by atoms with Crippen LogP contribution in [0.15, 0.2) is 0 Å². The van der Waals surface area contributed by atoms with Crippen LogP contribution in [0.25, 0.3) is 0 Å². The zero-order valence-corrected chi connectivity index (χ0v) is 7.93. The molecular formula is C9H20N2. The van der Waals surface area contributed by atoms with Crippen molar-refractivity contribution in [2.45, 2.75) is 39.3 Å². The minimum Gasteiger partial charge on any atom is -0.313 e. The summed E-state index contributed by atoms with van der Waals surface area (Å²) in [6.45, 7) is 10.4. The highest BCUT2D eigenvalue weighted by Crippen LogP contribution is 2.05.